The van der Waals surface area contributed by atoms with E-state index in [1.807, 2.05) is 17.9 Å². The molecular weight excluding hydrogens is 268 g/mol. The van der Waals surface area contributed by atoms with E-state index in [-0.39, 0.29) is 11.7 Å². The summed E-state index contributed by atoms with van der Waals surface area (Å²) >= 11 is 0. The van der Waals surface area contributed by atoms with E-state index in [1.165, 1.54) is 5.56 Å². The molecule has 1 fully saturated rings. The van der Waals surface area contributed by atoms with Crippen LogP contribution in [0.15, 0.2) is 18.3 Å². The molecule has 0 radical (unpaired) electrons. The molecule has 3 rings (SSSR count). The smallest absolute Gasteiger partial charge is 0.269 e. The van der Waals surface area contributed by atoms with Crippen molar-refractivity contribution < 1.29 is 4.79 Å². The molecule has 21 heavy (non-hydrogen) atoms. The van der Waals surface area contributed by atoms with Crippen molar-refractivity contribution in [3.8, 4) is 0 Å². The van der Waals surface area contributed by atoms with Gasteiger partial charge in [-0.25, -0.2) is 0 Å². The molecule has 1 unspecified atom stereocenters. The van der Waals surface area contributed by atoms with Gasteiger partial charge in [-0.15, -0.1) is 10.2 Å². The number of aryl methyl sites for hydroxylation is 1. The van der Waals surface area contributed by atoms with E-state index in [1.54, 1.807) is 12.1 Å². The van der Waals surface area contributed by atoms with Crippen molar-refractivity contribution in [2.75, 3.05) is 11.4 Å². The van der Waals surface area contributed by atoms with Gasteiger partial charge in [-0.2, -0.15) is 5.10 Å². The van der Waals surface area contributed by atoms with E-state index >= 15 is 0 Å². The summed E-state index contributed by atoms with van der Waals surface area (Å²) in [4.78, 5) is 13.3. The summed E-state index contributed by atoms with van der Waals surface area (Å²) in [6, 6.07) is 3.68. The van der Waals surface area contributed by atoms with Crippen LogP contribution in [0, 0.1) is 6.92 Å². The molecule has 2 aromatic rings. The lowest BCUT2D eigenvalue weighted by Crippen LogP contribution is -2.25. The van der Waals surface area contributed by atoms with Crippen LogP contribution in [0.1, 0.15) is 40.6 Å². The largest absolute Gasteiger partial charge is 0.364 e. The summed E-state index contributed by atoms with van der Waals surface area (Å²) in [7, 11) is 1.94. The Balaban J connectivity index is 1.90. The van der Waals surface area contributed by atoms with Crippen molar-refractivity contribution in [3.05, 3.63) is 35.3 Å². The number of rotatable bonds is 3. The topological polar surface area (TPSA) is 89.9 Å². The molecule has 0 spiro atoms. The Morgan fingerprint density at radius 2 is 2.19 bits per heavy atom. The molecule has 7 heteroatoms. The highest BCUT2D eigenvalue weighted by Crippen LogP contribution is 2.36. The van der Waals surface area contributed by atoms with E-state index in [0.717, 1.165) is 30.9 Å². The Hall–Kier alpha value is -2.44. The van der Waals surface area contributed by atoms with Crippen LogP contribution in [0.25, 0.3) is 0 Å². The van der Waals surface area contributed by atoms with Crippen LogP contribution in [0.5, 0.6) is 0 Å². The Morgan fingerprint density at radius 1 is 1.38 bits per heavy atom. The number of carbonyl (C=O) groups excluding carboxylic acids is 1. The number of primary amides is 1. The molecule has 110 valence electrons. The Morgan fingerprint density at radius 3 is 2.76 bits per heavy atom. The molecule has 0 aliphatic carbocycles. The van der Waals surface area contributed by atoms with Gasteiger partial charge in [0.15, 0.2) is 11.5 Å². The van der Waals surface area contributed by atoms with Gasteiger partial charge in [0.25, 0.3) is 5.91 Å². The number of hydrogen-bond acceptors (Lipinski definition) is 5. The van der Waals surface area contributed by atoms with E-state index in [2.05, 4.69) is 27.1 Å². The number of amides is 1. The molecule has 0 saturated carbocycles. The van der Waals surface area contributed by atoms with Crippen LogP contribution in [0.3, 0.4) is 0 Å². The number of anilines is 1. The molecule has 2 N–H and O–H groups in total. The third-order valence-corrected chi connectivity index (χ3v) is 4.08. The van der Waals surface area contributed by atoms with Crippen LogP contribution in [0.4, 0.5) is 5.82 Å². The molecule has 1 aliphatic heterocycles. The van der Waals surface area contributed by atoms with Gasteiger partial charge >= 0.3 is 0 Å². The lowest BCUT2D eigenvalue weighted by Gasteiger charge is -2.25. The monoisotopic (exact) mass is 286 g/mol. The highest BCUT2D eigenvalue weighted by Gasteiger charge is 2.29. The van der Waals surface area contributed by atoms with Gasteiger partial charge in [0, 0.05) is 24.8 Å². The molecule has 1 aliphatic rings. The van der Waals surface area contributed by atoms with E-state index in [4.69, 9.17) is 5.73 Å². The van der Waals surface area contributed by atoms with E-state index in [9.17, 15) is 4.79 Å². The zero-order valence-corrected chi connectivity index (χ0v) is 12.2. The maximum Gasteiger partial charge on any atom is 0.269 e. The fraction of sp³-hybridized carbons (Fsp3) is 0.429. The third kappa shape index (κ3) is 2.35. The number of aromatic nitrogens is 4. The van der Waals surface area contributed by atoms with Crippen molar-refractivity contribution in [1.29, 1.82) is 0 Å². The minimum Gasteiger partial charge on any atom is -0.364 e. The Labute approximate surface area is 122 Å². The van der Waals surface area contributed by atoms with Gasteiger partial charge in [-0.3, -0.25) is 9.48 Å². The summed E-state index contributed by atoms with van der Waals surface area (Å²) in [5, 5.41) is 12.4. The van der Waals surface area contributed by atoms with Crippen molar-refractivity contribution >= 4 is 11.7 Å². The Kier molecular flexibility index (Phi) is 3.32. The van der Waals surface area contributed by atoms with Crippen LogP contribution >= 0.6 is 0 Å². The third-order valence-electron chi connectivity index (χ3n) is 4.08. The number of nitrogens with two attached hydrogens (primary N) is 1. The van der Waals surface area contributed by atoms with Crippen molar-refractivity contribution in [1.82, 2.24) is 20.0 Å². The van der Waals surface area contributed by atoms with Crippen LogP contribution < -0.4 is 10.6 Å². The molecule has 7 nitrogen and oxygen atoms in total. The number of carbonyl (C=O) groups is 1. The average molecular weight is 286 g/mol. The first kappa shape index (κ1) is 13.5. The quantitative estimate of drug-likeness (QED) is 0.907. The van der Waals surface area contributed by atoms with Gasteiger partial charge < -0.3 is 10.6 Å². The molecule has 2 aromatic heterocycles. The standard InChI is InChI=1S/C14H18N6O/c1-9-10(8-16-19(9)2)12-4-3-7-20(12)13-6-5-11(14(15)21)17-18-13/h5-6,8,12H,3-4,7H2,1-2H3,(H2,15,21). The summed E-state index contributed by atoms with van der Waals surface area (Å²) < 4.78 is 1.88. The SMILES string of the molecule is Cc1c(C2CCCN2c2ccc(C(N)=O)nn2)cnn1C. The fourth-order valence-electron chi connectivity index (χ4n) is 2.82. The highest BCUT2D eigenvalue weighted by molar-refractivity contribution is 5.90. The van der Waals surface area contributed by atoms with Gasteiger partial charge in [-0.05, 0) is 31.9 Å². The minimum absolute atomic E-state index is 0.187. The second-order valence-electron chi connectivity index (χ2n) is 5.30. The number of nitrogens with zero attached hydrogens (tertiary/aromatic N) is 5. The van der Waals surface area contributed by atoms with Crippen molar-refractivity contribution in [2.45, 2.75) is 25.8 Å². The summed E-state index contributed by atoms with van der Waals surface area (Å²) in [6.45, 7) is 2.99. The molecule has 1 atom stereocenters. The summed E-state index contributed by atoms with van der Waals surface area (Å²) in [5.41, 5.74) is 7.76. The fourth-order valence-corrected chi connectivity index (χ4v) is 2.82. The predicted molar refractivity (Wildman–Crippen MR) is 77.8 cm³/mol. The molecule has 0 aromatic carbocycles. The number of hydrogen-bond donors (Lipinski definition) is 1. The lowest BCUT2D eigenvalue weighted by molar-refractivity contribution is 0.0994. The highest BCUT2D eigenvalue weighted by atomic mass is 16.1. The first-order valence-corrected chi connectivity index (χ1v) is 6.96. The lowest BCUT2D eigenvalue weighted by atomic mass is 10.1. The van der Waals surface area contributed by atoms with Crippen molar-refractivity contribution in [2.24, 2.45) is 12.8 Å². The maximum absolute atomic E-state index is 11.1. The van der Waals surface area contributed by atoms with Gasteiger partial charge in [0.2, 0.25) is 0 Å². The van der Waals surface area contributed by atoms with E-state index in [0.29, 0.717) is 0 Å². The van der Waals surface area contributed by atoms with Crippen LogP contribution in [0.2, 0.25) is 0 Å². The first-order chi connectivity index (χ1) is 10.1. The van der Waals surface area contributed by atoms with Crippen LogP contribution in [-0.2, 0) is 7.05 Å². The van der Waals surface area contributed by atoms with Gasteiger partial charge in [0.1, 0.15) is 0 Å². The minimum atomic E-state index is -0.560. The molecule has 0 bridgehead atoms. The second kappa shape index (κ2) is 5.16. The zero-order chi connectivity index (χ0) is 15.0. The van der Waals surface area contributed by atoms with Gasteiger partial charge in [-0.1, -0.05) is 0 Å². The van der Waals surface area contributed by atoms with Crippen molar-refractivity contribution in [3.63, 3.8) is 0 Å². The molecular formula is C14H18N6O. The summed E-state index contributed by atoms with van der Waals surface area (Å²) in [6.07, 6.45) is 4.08. The summed E-state index contributed by atoms with van der Waals surface area (Å²) in [5.74, 6) is 0.209. The van der Waals surface area contributed by atoms with E-state index < -0.39 is 5.91 Å². The average Bonchev–Trinajstić information content (AvgIpc) is 3.07. The maximum atomic E-state index is 11.1. The molecule has 1 amide bonds. The Bertz CT molecular complexity index is 663. The first-order valence-electron chi connectivity index (χ1n) is 6.96. The molecule has 3 heterocycles. The zero-order valence-electron chi connectivity index (χ0n) is 12.2. The van der Waals surface area contributed by atoms with Crippen LogP contribution in [-0.4, -0.2) is 32.4 Å². The second-order valence-corrected chi connectivity index (χ2v) is 5.30. The predicted octanol–water partition coefficient (Wildman–Crippen LogP) is 0.959. The van der Waals surface area contributed by atoms with Gasteiger partial charge in [0.05, 0.1) is 12.2 Å². The normalized spacial score (nSPS) is 18.2. The molecule has 1 saturated heterocycles.